The van der Waals surface area contributed by atoms with Gasteiger partial charge in [0.2, 0.25) is 0 Å². The van der Waals surface area contributed by atoms with Gasteiger partial charge in [0.1, 0.15) is 6.10 Å². The lowest BCUT2D eigenvalue weighted by Crippen LogP contribution is -2.65. The van der Waals surface area contributed by atoms with Gasteiger partial charge in [0.25, 0.3) is 0 Å². The van der Waals surface area contributed by atoms with Gasteiger partial charge in [0, 0.05) is 5.41 Å². The van der Waals surface area contributed by atoms with Gasteiger partial charge in [-0.1, -0.05) is 72.2 Å². The van der Waals surface area contributed by atoms with E-state index in [1.165, 1.54) is 11.6 Å². The zero-order valence-corrected chi connectivity index (χ0v) is 27.7. The molecule has 6 rings (SSSR count). The van der Waals surface area contributed by atoms with Crippen LogP contribution >= 0.6 is 0 Å². The van der Waals surface area contributed by atoms with Gasteiger partial charge in [-0.05, 0) is 116 Å². The smallest absolute Gasteiger partial charge is 0.339 e. The number of fused-ring (bicyclic) bond motifs is 7. The van der Waals surface area contributed by atoms with Crippen LogP contribution in [0.3, 0.4) is 0 Å². The lowest BCUT2D eigenvalue weighted by Gasteiger charge is -2.71. The van der Waals surface area contributed by atoms with Crippen molar-refractivity contribution < 1.29 is 29.3 Å². The molecule has 0 aliphatic heterocycles. The second-order valence-corrected chi connectivity index (χ2v) is 16.7. The van der Waals surface area contributed by atoms with Crippen molar-refractivity contribution in [3.8, 4) is 0 Å². The zero-order chi connectivity index (χ0) is 32.0. The Hall–Kier alpha value is -2.63. The maximum atomic E-state index is 13.3. The first-order valence-corrected chi connectivity index (χ1v) is 17.0. The topological polar surface area (TPSA) is 101 Å². The van der Waals surface area contributed by atoms with Crippen molar-refractivity contribution in [2.45, 2.75) is 112 Å². The van der Waals surface area contributed by atoms with Gasteiger partial charge >= 0.3 is 17.9 Å². The summed E-state index contributed by atoms with van der Waals surface area (Å²) in [5.41, 5.74) is 0.708. The van der Waals surface area contributed by atoms with Gasteiger partial charge in [-0.3, -0.25) is 4.79 Å². The van der Waals surface area contributed by atoms with Gasteiger partial charge < -0.3 is 14.9 Å². The standard InChI is InChI=1S/C38H52O6/c1-22-14-19-38(33(42)43)21-20-36(6)26(30(38)23(22)2)12-13-28-35(5)17-16-29(34(3,4)27(35)15-18-37(28,36)7)44-32(41)25-11-9-8-10-24(25)31(39)40/h8-12,22-23,27-30H,13-21H2,1-7H3,(H,39,40)(H,42,43)/t22-,23+,27+,28-,29+,30+,35+,36-,37-,38+/m1/s1. The Balaban J connectivity index is 1.32. The van der Waals surface area contributed by atoms with E-state index < -0.39 is 23.3 Å². The van der Waals surface area contributed by atoms with Crippen molar-refractivity contribution in [2.24, 2.45) is 56.7 Å². The second kappa shape index (κ2) is 10.2. The Bertz CT molecular complexity index is 1410. The summed E-state index contributed by atoms with van der Waals surface area (Å²) in [7, 11) is 0. The van der Waals surface area contributed by atoms with E-state index >= 15 is 0 Å². The zero-order valence-electron chi connectivity index (χ0n) is 27.7. The van der Waals surface area contributed by atoms with Crippen molar-refractivity contribution in [2.75, 3.05) is 0 Å². The lowest BCUT2D eigenvalue weighted by atomic mass is 9.33. The van der Waals surface area contributed by atoms with E-state index in [2.05, 4.69) is 54.5 Å². The third-order valence-electron chi connectivity index (χ3n) is 15.0. The molecule has 4 fully saturated rings. The molecular weight excluding hydrogens is 552 g/mol. The van der Waals surface area contributed by atoms with Crippen molar-refractivity contribution in [3.05, 3.63) is 47.0 Å². The maximum Gasteiger partial charge on any atom is 0.339 e. The largest absolute Gasteiger partial charge is 0.481 e. The molecule has 0 unspecified atom stereocenters. The SMILES string of the molecule is C[C@H]1[C@H](C)CC[C@]2(C(=O)O)CC[C@]3(C)C(=CC[C@@H]4[C@@]5(C)CC[C@H](OC(=O)c6ccccc6C(=O)O)C(C)(C)[C@@H]5CC[C@]43C)[C@H]12. The number of carbonyl (C=O) groups is 3. The van der Waals surface area contributed by atoms with E-state index in [-0.39, 0.29) is 44.8 Å². The molecule has 0 aromatic heterocycles. The molecule has 1 aromatic rings. The molecule has 0 bridgehead atoms. The fourth-order valence-corrected chi connectivity index (χ4v) is 12.1. The third-order valence-corrected chi connectivity index (χ3v) is 15.0. The molecule has 4 saturated carbocycles. The summed E-state index contributed by atoms with van der Waals surface area (Å²) < 4.78 is 6.19. The van der Waals surface area contributed by atoms with Crippen LogP contribution in [-0.4, -0.2) is 34.2 Å². The number of aromatic carboxylic acids is 1. The number of carbonyl (C=O) groups excluding carboxylic acids is 1. The number of hydrogen-bond acceptors (Lipinski definition) is 4. The van der Waals surface area contributed by atoms with Crippen LogP contribution < -0.4 is 0 Å². The highest BCUT2D eigenvalue weighted by Gasteiger charge is 2.69. The fourth-order valence-electron chi connectivity index (χ4n) is 12.1. The molecule has 10 atom stereocenters. The molecule has 0 spiro atoms. The average molecular weight is 605 g/mol. The molecule has 0 saturated heterocycles. The summed E-state index contributed by atoms with van der Waals surface area (Å²) in [6, 6.07) is 6.31. The number of carboxylic acids is 2. The highest BCUT2D eigenvalue weighted by molar-refractivity contribution is 6.02. The summed E-state index contributed by atoms with van der Waals surface area (Å²) in [4.78, 5) is 38.1. The summed E-state index contributed by atoms with van der Waals surface area (Å²) in [6.07, 6.45) is 10.5. The van der Waals surface area contributed by atoms with E-state index in [9.17, 15) is 24.6 Å². The molecule has 6 heteroatoms. The number of benzene rings is 1. The molecule has 0 radical (unpaired) electrons. The van der Waals surface area contributed by atoms with E-state index in [1.54, 1.807) is 18.2 Å². The third kappa shape index (κ3) is 4.07. The minimum atomic E-state index is -1.13. The Morgan fingerprint density at radius 3 is 2.16 bits per heavy atom. The predicted molar refractivity (Wildman–Crippen MR) is 169 cm³/mol. The van der Waals surface area contributed by atoms with Crippen LogP contribution in [-0.2, 0) is 9.53 Å². The van der Waals surface area contributed by atoms with Gasteiger partial charge in [-0.15, -0.1) is 0 Å². The molecule has 44 heavy (non-hydrogen) atoms. The Morgan fingerprint density at radius 1 is 0.818 bits per heavy atom. The summed E-state index contributed by atoms with van der Waals surface area (Å²) >= 11 is 0. The van der Waals surface area contributed by atoms with Crippen LogP contribution in [0.25, 0.3) is 0 Å². The van der Waals surface area contributed by atoms with Gasteiger partial charge in [-0.25, -0.2) is 9.59 Å². The minimum Gasteiger partial charge on any atom is -0.481 e. The first-order chi connectivity index (χ1) is 20.5. The molecule has 5 aliphatic rings. The predicted octanol–water partition coefficient (Wildman–Crippen LogP) is 8.65. The van der Waals surface area contributed by atoms with Crippen molar-refractivity contribution in [1.82, 2.24) is 0 Å². The Morgan fingerprint density at radius 2 is 1.50 bits per heavy atom. The average Bonchev–Trinajstić information content (AvgIpc) is 2.96. The van der Waals surface area contributed by atoms with E-state index in [1.807, 2.05) is 0 Å². The van der Waals surface area contributed by atoms with Crippen LogP contribution in [0.5, 0.6) is 0 Å². The van der Waals surface area contributed by atoms with E-state index in [0.29, 0.717) is 23.7 Å². The number of hydrogen-bond donors (Lipinski definition) is 2. The van der Waals surface area contributed by atoms with Gasteiger partial charge in [-0.2, -0.15) is 0 Å². The van der Waals surface area contributed by atoms with Crippen molar-refractivity contribution in [3.63, 3.8) is 0 Å². The van der Waals surface area contributed by atoms with Crippen LogP contribution in [0.4, 0.5) is 0 Å². The molecular formula is C38H52O6. The first kappa shape index (κ1) is 31.4. The number of aliphatic carboxylic acids is 1. The molecule has 6 nitrogen and oxygen atoms in total. The number of esters is 1. The highest BCUT2D eigenvalue weighted by Crippen LogP contribution is 2.75. The maximum absolute atomic E-state index is 13.3. The molecule has 2 N–H and O–H groups in total. The number of ether oxygens (including phenoxy) is 1. The van der Waals surface area contributed by atoms with Crippen LogP contribution in [0, 0.1) is 56.7 Å². The first-order valence-electron chi connectivity index (χ1n) is 17.0. The molecule has 1 aromatic carbocycles. The van der Waals surface area contributed by atoms with Crippen LogP contribution in [0.15, 0.2) is 35.9 Å². The van der Waals surface area contributed by atoms with E-state index in [4.69, 9.17) is 4.74 Å². The molecule has 0 amide bonds. The monoisotopic (exact) mass is 604 g/mol. The number of rotatable bonds is 4. The Labute approximate surface area is 263 Å². The minimum absolute atomic E-state index is 0.0245. The second-order valence-electron chi connectivity index (χ2n) is 16.7. The van der Waals surface area contributed by atoms with E-state index in [0.717, 1.165) is 57.8 Å². The number of carboxylic acid groups (broad SMARTS) is 2. The van der Waals surface area contributed by atoms with Gasteiger partial charge in [0.15, 0.2) is 0 Å². The van der Waals surface area contributed by atoms with Crippen molar-refractivity contribution >= 4 is 17.9 Å². The molecule has 240 valence electrons. The Kier molecular flexibility index (Phi) is 7.26. The number of allylic oxidation sites excluding steroid dienone is 2. The molecule has 5 aliphatic carbocycles. The highest BCUT2D eigenvalue weighted by atomic mass is 16.5. The van der Waals surface area contributed by atoms with Crippen LogP contribution in [0.2, 0.25) is 0 Å². The van der Waals surface area contributed by atoms with Gasteiger partial charge in [0.05, 0.1) is 16.5 Å². The van der Waals surface area contributed by atoms with Crippen molar-refractivity contribution in [1.29, 1.82) is 0 Å². The fraction of sp³-hybridized carbons (Fsp3) is 0.711. The summed E-state index contributed by atoms with van der Waals surface area (Å²) in [5.74, 6) is -0.480. The lowest BCUT2D eigenvalue weighted by molar-refractivity contribution is -0.206. The summed E-state index contributed by atoms with van der Waals surface area (Å²) in [6.45, 7) is 16.6. The summed E-state index contributed by atoms with van der Waals surface area (Å²) in [5, 5.41) is 20.3. The quantitative estimate of drug-likeness (QED) is 0.263. The van der Waals surface area contributed by atoms with Crippen LogP contribution in [0.1, 0.15) is 127 Å². The molecule has 0 heterocycles. The normalized spacial score (nSPS) is 44.1.